The standard InChI is InChI=1S/C17H30N2O4.Na.H/c1-2-3-4-5-6-7-8-9-10-11-12-19-13-14(16(20)21)18-15(19)17(22)23;;/h14H,2-13H2,1H3,(H,20,21)(H,22,23);;. The van der Waals surface area contributed by atoms with Crippen LogP contribution in [0.1, 0.15) is 71.1 Å². The van der Waals surface area contributed by atoms with Gasteiger partial charge in [-0.25, -0.2) is 14.6 Å². The molecule has 134 valence electrons. The number of unbranched alkanes of at least 4 members (excludes halogenated alkanes) is 9. The second-order valence-corrected chi connectivity index (χ2v) is 6.24. The number of hydrogen-bond acceptors (Lipinski definition) is 4. The SMILES string of the molecule is CCCCCCCCCCCCN1CC(C(=O)O)N=C1C(=O)O.[NaH]. The van der Waals surface area contributed by atoms with Gasteiger partial charge >= 0.3 is 41.5 Å². The molecule has 0 saturated carbocycles. The van der Waals surface area contributed by atoms with Crippen LogP contribution in [0.4, 0.5) is 0 Å². The zero-order valence-electron chi connectivity index (χ0n) is 14.2. The van der Waals surface area contributed by atoms with E-state index in [4.69, 9.17) is 10.2 Å². The van der Waals surface area contributed by atoms with Gasteiger partial charge in [0.05, 0.1) is 6.54 Å². The van der Waals surface area contributed by atoms with E-state index in [2.05, 4.69) is 11.9 Å². The summed E-state index contributed by atoms with van der Waals surface area (Å²) in [5.41, 5.74) is 0. The van der Waals surface area contributed by atoms with E-state index in [0.29, 0.717) is 6.54 Å². The predicted octanol–water partition coefficient (Wildman–Crippen LogP) is 2.51. The number of carboxylic acid groups (broad SMARTS) is 2. The van der Waals surface area contributed by atoms with Gasteiger partial charge in [0.2, 0.25) is 5.84 Å². The van der Waals surface area contributed by atoms with Crippen molar-refractivity contribution in [2.24, 2.45) is 4.99 Å². The Balaban J connectivity index is 0.00000529. The van der Waals surface area contributed by atoms with E-state index in [9.17, 15) is 9.59 Å². The molecule has 0 amide bonds. The zero-order valence-corrected chi connectivity index (χ0v) is 14.2. The first-order valence-electron chi connectivity index (χ1n) is 8.85. The van der Waals surface area contributed by atoms with Gasteiger partial charge in [-0.1, -0.05) is 64.7 Å². The number of nitrogens with zero attached hydrogens (tertiary/aromatic N) is 2. The monoisotopic (exact) mass is 350 g/mol. The molecule has 2 N–H and O–H groups in total. The predicted molar refractivity (Wildman–Crippen MR) is 97.1 cm³/mol. The minimum atomic E-state index is -1.14. The van der Waals surface area contributed by atoms with Gasteiger partial charge in [-0.05, 0) is 6.42 Å². The Morgan fingerprint density at radius 3 is 1.96 bits per heavy atom. The van der Waals surface area contributed by atoms with Crippen LogP contribution in [0.2, 0.25) is 0 Å². The fourth-order valence-electron chi connectivity index (χ4n) is 2.88. The van der Waals surface area contributed by atoms with Crippen LogP contribution < -0.4 is 0 Å². The van der Waals surface area contributed by atoms with Crippen LogP contribution >= 0.6 is 0 Å². The minimum absolute atomic E-state index is 0. The fraction of sp³-hybridized carbons (Fsp3) is 0.824. The first-order chi connectivity index (χ1) is 11.1. The molecule has 1 atom stereocenters. The van der Waals surface area contributed by atoms with Gasteiger partial charge in [0.1, 0.15) is 0 Å². The number of aliphatic imine (C=N–C) groups is 1. The molecule has 0 aromatic rings. The van der Waals surface area contributed by atoms with Gasteiger partial charge in [0.25, 0.3) is 0 Å². The second kappa shape index (κ2) is 13.7. The van der Waals surface area contributed by atoms with Crippen molar-refractivity contribution in [3.05, 3.63) is 0 Å². The van der Waals surface area contributed by atoms with Crippen LogP contribution in [0.15, 0.2) is 4.99 Å². The van der Waals surface area contributed by atoms with Crippen LogP contribution in [0, 0.1) is 0 Å². The third kappa shape index (κ3) is 9.04. The molecule has 0 radical (unpaired) electrons. The Morgan fingerprint density at radius 1 is 1.00 bits per heavy atom. The van der Waals surface area contributed by atoms with Gasteiger partial charge in [-0.2, -0.15) is 0 Å². The van der Waals surface area contributed by atoms with E-state index in [-0.39, 0.29) is 41.9 Å². The van der Waals surface area contributed by atoms with Crippen LogP contribution in [-0.2, 0) is 9.59 Å². The van der Waals surface area contributed by atoms with Crippen molar-refractivity contribution in [1.29, 1.82) is 0 Å². The molecule has 0 aromatic carbocycles. The van der Waals surface area contributed by atoms with Gasteiger partial charge in [0.15, 0.2) is 6.04 Å². The van der Waals surface area contributed by atoms with E-state index in [1.54, 1.807) is 4.90 Å². The first-order valence-corrected chi connectivity index (χ1v) is 8.85. The van der Waals surface area contributed by atoms with E-state index in [1.165, 1.54) is 44.9 Å². The van der Waals surface area contributed by atoms with Gasteiger partial charge in [0, 0.05) is 6.54 Å². The molecule has 0 aliphatic carbocycles. The molecule has 1 heterocycles. The Morgan fingerprint density at radius 2 is 1.50 bits per heavy atom. The van der Waals surface area contributed by atoms with E-state index in [1.807, 2.05) is 0 Å². The fourth-order valence-corrected chi connectivity index (χ4v) is 2.88. The van der Waals surface area contributed by atoms with Crippen LogP contribution in [0.3, 0.4) is 0 Å². The van der Waals surface area contributed by atoms with E-state index in [0.717, 1.165) is 19.3 Å². The maximum absolute atomic E-state index is 11.1. The number of aliphatic carboxylic acids is 2. The molecule has 1 rings (SSSR count). The van der Waals surface area contributed by atoms with Crippen LogP contribution in [-0.4, -0.2) is 81.6 Å². The summed E-state index contributed by atoms with van der Waals surface area (Å²) >= 11 is 0. The summed E-state index contributed by atoms with van der Waals surface area (Å²) in [6, 6.07) is -0.941. The summed E-state index contributed by atoms with van der Waals surface area (Å²) in [4.78, 5) is 27.4. The van der Waals surface area contributed by atoms with E-state index < -0.39 is 18.0 Å². The molecular weight excluding hydrogens is 319 g/mol. The Kier molecular flexibility index (Phi) is 13.3. The number of carbonyl (C=O) groups is 2. The first kappa shape index (κ1) is 23.4. The molecule has 0 spiro atoms. The van der Waals surface area contributed by atoms with Crippen LogP contribution in [0.5, 0.6) is 0 Å². The number of amidine groups is 1. The molecule has 24 heavy (non-hydrogen) atoms. The van der Waals surface area contributed by atoms with Crippen molar-refractivity contribution in [2.45, 2.75) is 77.2 Å². The molecular formula is C17H31N2NaO4. The molecule has 1 aliphatic rings. The molecule has 0 aromatic heterocycles. The maximum atomic E-state index is 11.1. The average molecular weight is 350 g/mol. The van der Waals surface area contributed by atoms with Gasteiger partial charge in [-0.3, -0.25) is 0 Å². The van der Waals surface area contributed by atoms with Gasteiger partial charge < -0.3 is 15.1 Å². The molecule has 0 bridgehead atoms. The molecule has 0 saturated heterocycles. The van der Waals surface area contributed by atoms with Gasteiger partial charge in [-0.15, -0.1) is 0 Å². The summed E-state index contributed by atoms with van der Waals surface area (Å²) in [5, 5.41) is 18.0. The molecule has 1 unspecified atom stereocenters. The second-order valence-electron chi connectivity index (χ2n) is 6.24. The van der Waals surface area contributed by atoms with Crippen molar-refractivity contribution < 1.29 is 19.8 Å². The quantitative estimate of drug-likeness (QED) is 0.393. The van der Waals surface area contributed by atoms with Crippen molar-refractivity contribution in [1.82, 2.24) is 4.90 Å². The zero-order chi connectivity index (χ0) is 17.1. The summed E-state index contributed by atoms with van der Waals surface area (Å²) in [6.45, 7) is 2.97. The number of carboxylic acids is 2. The Bertz CT molecular complexity index is 415. The Labute approximate surface area is 167 Å². The molecule has 0 fully saturated rings. The third-order valence-corrected chi connectivity index (χ3v) is 4.23. The normalized spacial score (nSPS) is 16.6. The molecule has 1 aliphatic heterocycles. The van der Waals surface area contributed by atoms with E-state index >= 15 is 0 Å². The van der Waals surface area contributed by atoms with Crippen molar-refractivity contribution >= 4 is 47.3 Å². The van der Waals surface area contributed by atoms with Crippen molar-refractivity contribution in [2.75, 3.05) is 13.1 Å². The topological polar surface area (TPSA) is 90.2 Å². The average Bonchev–Trinajstić information content (AvgIpc) is 2.94. The van der Waals surface area contributed by atoms with Crippen LogP contribution in [0.25, 0.3) is 0 Å². The summed E-state index contributed by atoms with van der Waals surface area (Å²) < 4.78 is 0. The molecule has 6 nitrogen and oxygen atoms in total. The third-order valence-electron chi connectivity index (χ3n) is 4.23. The van der Waals surface area contributed by atoms with Crippen molar-refractivity contribution in [3.63, 3.8) is 0 Å². The van der Waals surface area contributed by atoms with Crippen molar-refractivity contribution in [3.8, 4) is 0 Å². The molecule has 7 heteroatoms. The summed E-state index contributed by atoms with van der Waals surface area (Å²) in [7, 11) is 0. The Hall–Kier alpha value is -0.590. The number of hydrogen-bond donors (Lipinski definition) is 2. The summed E-state index contributed by atoms with van der Waals surface area (Å²) in [5.74, 6) is -2.30. The number of rotatable bonds is 13. The summed E-state index contributed by atoms with van der Waals surface area (Å²) in [6.07, 6.45) is 12.2.